The molecule has 1 heterocycles. The van der Waals surface area contributed by atoms with Crippen molar-refractivity contribution in [2.45, 2.75) is 57.9 Å². The summed E-state index contributed by atoms with van der Waals surface area (Å²) in [5, 5.41) is 38.7. The lowest BCUT2D eigenvalue weighted by Crippen LogP contribution is -2.59. The second-order valence-corrected chi connectivity index (χ2v) is 7.10. The molecule has 1 fully saturated rings. The van der Waals surface area contributed by atoms with Crippen molar-refractivity contribution in [1.29, 1.82) is 0 Å². The lowest BCUT2D eigenvalue weighted by atomic mass is 9.68. The van der Waals surface area contributed by atoms with Gasteiger partial charge in [0.15, 0.2) is 12.1 Å². The summed E-state index contributed by atoms with van der Waals surface area (Å²) in [7, 11) is 0. The molecular formula is C16H26O7. The quantitative estimate of drug-likeness (QED) is 0.542. The molecule has 0 radical (unpaired) electrons. The van der Waals surface area contributed by atoms with Crippen molar-refractivity contribution >= 4 is 5.78 Å². The minimum Gasteiger partial charge on any atom is -0.394 e. The molecule has 0 spiro atoms. The van der Waals surface area contributed by atoms with E-state index < -0.39 is 37.3 Å². The fourth-order valence-corrected chi connectivity index (χ4v) is 3.35. The van der Waals surface area contributed by atoms with E-state index in [4.69, 9.17) is 9.47 Å². The zero-order chi connectivity index (χ0) is 17.4. The van der Waals surface area contributed by atoms with E-state index in [9.17, 15) is 25.2 Å². The lowest BCUT2D eigenvalue weighted by Gasteiger charge is -2.42. The van der Waals surface area contributed by atoms with E-state index in [-0.39, 0.29) is 23.7 Å². The second kappa shape index (κ2) is 6.96. The Morgan fingerprint density at radius 3 is 2.48 bits per heavy atom. The zero-order valence-corrected chi connectivity index (χ0v) is 13.7. The maximum atomic E-state index is 11.7. The predicted molar refractivity (Wildman–Crippen MR) is 80.4 cm³/mol. The highest BCUT2D eigenvalue weighted by molar-refractivity contribution is 5.91. The van der Waals surface area contributed by atoms with E-state index >= 15 is 0 Å². The van der Waals surface area contributed by atoms with E-state index in [0.717, 1.165) is 5.57 Å². The number of ether oxygens (including phenoxy) is 2. The minimum absolute atomic E-state index is 0.0347. The third kappa shape index (κ3) is 3.81. The number of hydrogen-bond acceptors (Lipinski definition) is 7. The molecule has 0 saturated carbocycles. The summed E-state index contributed by atoms with van der Waals surface area (Å²) in [6, 6.07) is 0. The Bertz CT molecular complexity index is 471. The molecule has 0 aromatic rings. The Morgan fingerprint density at radius 1 is 1.26 bits per heavy atom. The fraction of sp³-hybridized carbons (Fsp3) is 0.812. The van der Waals surface area contributed by atoms with Crippen LogP contribution in [0.3, 0.4) is 0 Å². The summed E-state index contributed by atoms with van der Waals surface area (Å²) < 4.78 is 10.9. The molecule has 0 aromatic heterocycles. The maximum absolute atomic E-state index is 11.7. The van der Waals surface area contributed by atoms with Crippen LogP contribution in [0.25, 0.3) is 0 Å². The minimum atomic E-state index is -1.46. The van der Waals surface area contributed by atoms with Crippen molar-refractivity contribution in [1.82, 2.24) is 0 Å². The van der Waals surface area contributed by atoms with Crippen LogP contribution in [0.5, 0.6) is 0 Å². The molecular weight excluding hydrogens is 304 g/mol. The second-order valence-electron chi connectivity index (χ2n) is 7.10. The van der Waals surface area contributed by atoms with Crippen LogP contribution in [0.2, 0.25) is 0 Å². The highest BCUT2D eigenvalue weighted by Crippen LogP contribution is 2.40. The van der Waals surface area contributed by atoms with Crippen LogP contribution in [-0.4, -0.2) is 70.1 Å². The Kier molecular flexibility index (Phi) is 5.60. The van der Waals surface area contributed by atoms with E-state index in [1.165, 1.54) is 0 Å². The number of carbonyl (C=O) groups is 1. The standard InChI is InChI=1S/C16H26O7/c1-8-4-9(18)5-16(2,3)10(8)7-22-15-14(21)13(20)12(19)11(6-17)23-15/h4,10-15,17,19-21H,5-7H2,1-3H3/t10-,11+,12-,13-,14+,15+/m0/s1. The monoisotopic (exact) mass is 330 g/mol. The molecule has 1 saturated heterocycles. The van der Waals surface area contributed by atoms with E-state index in [1.807, 2.05) is 20.8 Å². The highest BCUT2D eigenvalue weighted by Gasteiger charge is 2.45. The summed E-state index contributed by atoms with van der Waals surface area (Å²) >= 11 is 0. The summed E-state index contributed by atoms with van der Waals surface area (Å²) in [5.41, 5.74) is 0.611. The number of carbonyl (C=O) groups excluding carboxylic acids is 1. The molecule has 4 N–H and O–H groups in total. The summed E-state index contributed by atoms with van der Waals surface area (Å²) in [4.78, 5) is 11.7. The first-order chi connectivity index (χ1) is 10.7. The number of rotatable bonds is 4. The van der Waals surface area contributed by atoms with Crippen LogP contribution in [0.1, 0.15) is 27.2 Å². The number of aliphatic hydroxyl groups is 4. The third-order valence-electron chi connectivity index (χ3n) is 4.79. The number of aliphatic hydroxyl groups excluding tert-OH is 4. The van der Waals surface area contributed by atoms with E-state index in [2.05, 4.69) is 0 Å². The Balaban J connectivity index is 2.04. The average Bonchev–Trinajstić information content (AvgIpc) is 2.45. The predicted octanol–water partition coefficient (Wildman–Crippen LogP) is -0.636. The van der Waals surface area contributed by atoms with E-state index in [0.29, 0.717) is 6.42 Å². The molecule has 23 heavy (non-hydrogen) atoms. The van der Waals surface area contributed by atoms with Crippen LogP contribution in [0, 0.1) is 11.3 Å². The van der Waals surface area contributed by atoms with Gasteiger partial charge < -0.3 is 29.9 Å². The number of allylic oxidation sites excluding steroid dienone is 1. The molecule has 2 rings (SSSR count). The summed E-state index contributed by atoms with van der Waals surface area (Å²) in [6.07, 6.45) is -4.39. The molecule has 6 atom stereocenters. The van der Waals surface area contributed by atoms with E-state index in [1.54, 1.807) is 6.08 Å². The SMILES string of the molecule is CC1=CC(=O)CC(C)(C)[C@H]1CO[C@@H]1O[C@H](CO)[C@H](O)[C@H](O)[C@H]1O. The van der Waals surface area contributed by atoms with Crippen LogP contribution >= 0.6 is 0 Å². The molecule has 132 valence electrons. The number of ketones is 1. The molecule has 0 unspecified atom stereocenters. The van der Waals surface area contributed by atoms with Crippen LogP contribution < -0.4 is 0 Å². The van der Waals surface area contributed by atoms with Gasteiger partial charge in [-0.15, -0.1) is 0 Å². The Labute approximate surface area is 135 Å². The van der Waals surface area contributed by atoms with Crippen LogP contribution in [0.15, 0.2) is 11.6 Å². The van der Waals surface area contributed by atoms with Gasteiger partial charge in [-0.3, -0.25) is 4.79 Å². The highest BCUT2D eigenvalue weighted by atomic mass is 16.7. The van der Waals surface area contributed by atoms with Gasteiger partial charge in [-0.05, 0) is 18.4 Å². The van der Waals surface area contributed by atoms with Crippen molar-refractivity contribution in [2.75, 3.05) is 13.2 Å². The molecule has 2 aliphatic rings. The zero-order valence-electron chi connectivity index (χ0n) is 13.7. The van der Waals surface area contributed by atoms with Crippen molar-refractivity contribution in [2.24, 2.45) is 11.3 Å². The molecule has 0 aromatic carbocycles. The lowest BCUT2D eigenvalue weighted by molar-refractivity contribution is -0.303. The first-order valence-electron chi connectivity index (χ1n) is 7.80. The summed E-state index contributed by atoms with van der Waals surface area (Å²) in [6.45, 7) is 5.52. The largest absolute Gasteiger partial charge is 0.394 e. The molecule has 7 nitrogen and oxygen atoms in total. The van der Waals surface area contributed by atoms with Crippen molar-refractivity contribution in [3.63, 3.8) is 0 Å². The van der Waals surface area contributed by atoms with Gasteiger partial charge in [0.1, 0.15) is 24.4 Å². The Morgan fingerprint density at radius 2 is 1.91 bits per heavy atom. The maximum Gasteiger partial charge on any atom is 0.186 e. The number of hydrogen-bond donors (Lipinski definition) is 4. The average molecular weight is 330 g/mol. The molecule has 0 amide bonds. The van der Waals surface area contributed by atoms with Crippen LogP contribution in [0.4, 0.5) is 0 Å². The van der Waals surface area contributed by atoms with Gasteiger partial charge >= 0.3 is 0 Å². The first-order valence-corrected chi connectivity index (χ1v) is 7.80. The van der Waals surface area contributed by atoms with Crippen LogP contribution in [-0.2, 0) is 14.3 Å². The summed E-state index contributed by atoms with van der Waals surface area (Å²) in [5.74, 6) is 0.0455. The van der Waals surface area contributed by atoms with Gasteiger partial charge in [-0.1, -0.05) is 19.4 Å². The van der Waals surface area contributed by atoms with Gasteiger partial charge in [0, 0.05) is 12.3 Å². The molecule has 0 bridgehead atoms. The Hall–Kier alpha value is -0.830. The third-order valence-corrected chi connectivity index (χ3v) is 4.79. The van der Waals surface area contributed by atoms with Gasteiger partial charge in [0.25, 0.3) is 0 Å². The van der Waals surface area contributed by atoms with Gasteiger partial charge in [-0.2, -0.15) is 0 Å². The molecule has 1 aliphatic heterocycles. The fourth-order valence-electron chi connectivity index (χ4n) is 3.35. The topological polar surface area (TPSA) is 116 Å². The van der Waals surface area contributed by atoms with Crippen molar-refractivity contribution in [3.8, 4) is 0 Å². The van der Waals surface area contributed by atoms with Crippen molar-refractivity contribution < 1.29 is 34.7 Å². The molecule has 1 aliphatic carbocycles. The van der Waals surface area contributed by atoms with Gasteiger partial charge in [0.2, 0.25) is 0 Å². The van der Waals surface area contributed by atoms with Gasteiger partial charge in [0.05, 0.1) is 13.2 Å². The normalized spacial score (nSPS) is 40.8. The first kappa shape index (κ1) is 18.5. The molecule has 7 heteroatoms. The van der Waals surface area contributed by atoms with Gasteiger partial charge in [-0.25, -0.2) is 0 Å². The smallest absolute Gasteiger partial charge is 0.186 e. The van der Waals surface area contributed by atoms with Crippen molar-refractivity contribution in [3.05, 3.63) is 11.6 Å².